The summed E-state index contributed by atoms with van der Waals surface area (Å²) < 4.78 is 0. The van der Waals surface area contributed by atoms with E-state index in [1.807, 2.05) is 78.6 Å². The number of rotatable bonds is 3. The molecular weight excluding hydrogens is 444 g/mol. The fraction of sp³-hybridized carbons (Fsp3) is 0.103. The lowest BCUT2D eigenvalue weighted by Gasteiger charge is -2.24. The van der Waals surface area contributed by atoms with Crippen LogP contribution in [-0.4, -0.2) is 11.8 Å². The first-order valence-electron chi connectivity index (χ1n) is 11.1. The Hall–Kier alpha value is -3.89. The minimum Gasteiger partial charge on any atom is -0.366 e. The Bertz CT molecular complexity index is 1430. The first-order chi connectivity index (χ1) is 16.4. The van der Waals surface area contributed by atoms with Crippen LogP contribution in [-0.2, 0) is 13.0 Å². The van der Waals surface area contributed by atoms with Crippen LogP contribution in [0.3, 0.4) is 0 Å². The third-order valence-electron chi connectivity index (χ3n) is 6.45. The highest BCUT2D eigenvalue weighted by Gasteiger charge is 2.25. The topological polar surface area (TPSA) is 63.4 Å². The van der Waals surface area contributed by atoms with Gasteiger partial charge in [0.2, 0.25) is 5.91 Å². The number of fused-ring (bicyclic) bond motifs is 2. The van der Waals surface area contributed by atoms with Gasteiger partial charge in [0.1, 0.15) is 0 Å². The van der Waals surface area contributed by atoms with E-state index in [4.69, 9.17) is 17.3 Å². The van der Waals surface area contributed by atoms with Crippen LogP contribution in [0.2, 0.25) is 5.02 Å². The van der Waals surface area contributed by atoms with Crippen LogP contribution < -0.4 is 10.6 Å². The monoisotopic (exact) mass is 466 g/mol. The average Bonchev–Trinajstić information content (AvgIpc) is 3.00. The van der Waals surface area contributed by atoms with E-state index < -0.39 is 5.91 Å². The van der Waals surface area contributed by atoms with Crippen molar-refractivity contribution in [3.05, 3.63) is 123 Å². The number of anilines is 1. The lowest BCUT2D eigenvalue weighted by atomic mass is 9.95. The van der Waals surface area contributed by atoms with E-state index in [1.54, 1.807) is 6.07 Å². The zero-order valence-electron chi connectivity index (χ0n) is 18.7. The lowest BCUT2D eigenvalue weighted by molar-refractivity contribution is 0.0981. The molecule has 34 heavy (non-hydrogen) atoms. The number of nitrogens with zero attached hydrogens (tertiary/aromatic N) is 1. The van der Waals surface area contributed by atoms with Gasteiger partial charge < -0.3 is 10.6 Å². The third kappa shape index (κ3) is 3.97. The van der Waals surface area contributed by atoms with Crippen molar-refractivity contribution in [2.24, 2.45) is 5.73 Å². The molecule has 0 saturated carbocycles. The molecule has 0 atom stereocenters. The normalized spacial score (nSPS) is 12.5. The molecule has 0 spiro atoms. The fourth-order valence-corrected chi connectivity index (χ4v) is 4.84. The Labute approximate surface area is 203 Å². The lowest BCUT2D eigenvalue weighted by Crippen LogP contribution is -2.30. The van der Waals surface area contributed by atoms with Crippen molar-refractivity contribution in [2.45, 2.75) is 19.9 Å². The molecule has 0 radical (unpaired) electrons. The molecule has 2 amide bonds. The van der Waals surface area contributed by atoms with Gasteiger partial charge in [0.25, 0.3) is 5.91 Å². The van der Waals surface area contributed by atoms with Gasteiger partial charge in [-0.25, -0.2) is 0 Å². The van der Waals surface area contributed by atoms with Gasteiger partial charge in [-0.15, -0.1) is 0 Å². The molecule has 0 unspecified atom stereocenters. The molecule has 5 rings (SSSR count). The second-order valence-electron chi connectivity index (χ2n) is 8.53. The zero-order chi connectivity index (χ0) is 23.8. The summed E-state index contributed by atoms with van der Waals surface area (Å²) in [4.78, 5) is 27.2. The highest BCUT2D eigenvalue weighted by atomic mass is 35.5. The zero-order valence-corrected chi connectivity index (χ0v) is 19.5. The van der Waals surface area contributed by atoms with Crippen molar-refractivity contribution in [3.8, 4) is 11.1 Å². The van der Waals surface area contributed by atoms with Crippen LogP contribution in [0.25, 0.3) is 11.1 Å². The Morgan fingerprint density at radius 2 is 1.59 bits per heavy atom. The van der Waals surface area contributed by atoms with E-state index in [-0.39, 0.29) is 5.91 Å². The van der Waals surface area contributed by atoms with Crippen LogP contribution in [0.4, 0.5) is 5.69 Å². The summed E-state index contributed by atoms with van der Waals surface area (Å²) in [5.41, 5.74) is 13.5. The maximum atomic E-state index is 13.7. The number of hydrogen-bond acceptors (Lipinski definition) is 2. The molecule has 4 aromatic carbocycles. The summed E-state index contributed by atoms with van der Waals surface area (Å²) in [6.07, 6.45) is 0.726. The minimum absolute atomic E-state index is 0.0746. The van der Waals surface area contributed by atoms with Crippen molar-refractivity contribution in [2.75, 3.05) is 4.90 Å². The van der Waals surface area contributed by atoms with Crippen LogP contribution >= 0.6 is 11.6 Å². The van der Waals surface area contributed by atoms with Crippen LogP contribution in [0, 0.1) is 6.92 Å². The summed E-state index contributed by atoms with van der Waals surface area (Å²) in [6.45, 7) is 2.37. The summed E-state index contributed by atoms with van der Waals surface area (Å²) >= 11 is 6.29. The number of benzene rings is 4. The van der Waals surface area contributed by atoms with Gasteiger partial charge in [0.05, 0.1) is 6.54 Å². The van der Waals surface area contributed by atoms with Gasteiger partial charge in [-0.1, -0.05) is 60.1 Å². The molecule has 4 aromatic rings. The van der Waals surface area contributed by atoms with Gasteiger partial charge in [0, 0.05) is 21.8 Å². The molecule has 5 heteroatoms. The van der Waals surface area contributed by atoms with Crippen LogP contribution in [0.5, 0.6) is 0 Å². The predicted molar refractivity (Wildman–Crippen MR) is 136 cm³/mol. The van der Waals surface area contributed by atoms with Gasteiger partial charge >= 0.3 is 0 Å². The number of primary amides is 1. The second kappa shape index (κ2) is 8.81. The number of amides is 2. The predicted octanol–water partition coefficient (Wildman–Crippen LogP) is 6.17. The molecule has 1 aliphatic rings. The van der Waals surface area contributed by atoms with Gasteiger partial charge in [-0.2, -0.15) is 0 Å². The van der Waals surface area contributed by atoms with E-state index in [2.05, 4.69) is 12.1 Å². The van der Waals surface area contributed by atoms with Crippen molar-refractivity contribution in [1.29, 1.82) is 0 Å². The van der Waals surface area contributed by atoms with Crippen molar-refractivity contribution in [3.63, 3.8) is 0 Å². The quantitative estimate of drug-likeness (QED) is 0.392. The standard InChI is InChI=1S/C29H23ClN2O2/c1-18-25(7-4-8-26(18)28(31)33)19-9-11-20(12-10-19)29(34)32-17-22-6-3-2-5-21(22)15-23-16-24(30)13-14-27(23)32/h2-14,16H,15,17H2,1H3,(H2,31,33). The molecule has 0 fully saturated rings. The first-order valence-corrected chi connectivity index (χ1v) is 11.5. The number of nitrogens with two attached hydrogens (primary N) is 1. The van der Waals surface area contributed by atoms with Crippen molar-refractivity contribution < 1.29 is 9.59 Å². The molecule has 168 valence electrons. The Kier molecular flexibility index (Phi) is 5.68. The highest BCUT2D eigenvalue weighted by molar-refractivity contribution is 6.30. The van der Waals surface area contributed by atoms with E-state index in [9.17, 15) is 9.59 Å². The number of halogens is 1. The molecule has 0 aliphatic carbocycles. The Morgan fingerprint density at radius 3 is 2.32 bits per heavy atom. The van der Waals surface area contributed by atoms with Crippen LogP contribution in [0.1, 0.15) is 43.0 Å². The second-order valence-corrected chi connectivity index (χ2v) is 8.97. The first kappa shape index (κ1) is 21.9. The van der Waals surface area contributed by atoms with Gasteiger partial charge in [-0.3, -0.25) is 9.59 Å². The molecule has 1 aliphatic heterocycles. The smallest absolute Gasteiger partial charge is 0.258 e. The molecule has 4 nitrogen and oxygen atoms in total. The van der Waals surface area contributed by atoms with Crippen molar-refractivity contribution in [1.82, 2.24) is 0 Å². The van der Waals surface area contributed by atoms with Crippen LogP contribution in [0.15, 0.2) is 84.9 Å². The molecule has 0 bridgehead atoms. The molecular formula is C29H23ClN2O2. The van der Waals surface area contributed by atoms with Gasteiger partial charge in [-0.05, 0) is 83.1 Å². The molecule has 0 saturated heterocycles. The maximum absolute atomic E-state index is 13.7. The summed E-state index contributed by atoms with van der Waals surface area (Å²) in [5, 5.41) is 0.656. The van der Waals surface area contributed by atoms with E-state index >= 15 is 0 Å². The summed E-state index contributed by atoms with van der Waals surface area (Å²) in [5.74, 6) is -0.527. The number of carbonyl (C=O) groups excluding carboxylic acids is 2. The molecule has 1 heterocycles. The minimum atomic E-state index is -0.452. The highest BCUT2D eigenvalue weighted by Crippen LogP contribution is 2.34. The SMILES string of the molecule is Cc1c(C(N)=O)cccc1-c1ccc(C(=O)N2Cc3ccccc3Cc3cc(Cl)ccc32)cc1. The van der Waals surface area contributed by atoms with E-state index in [0.717, 1.165) is 39.9 Å². The molecule has 2 N–H and O–H groups in total. The Balaban J connectivity index is 1.52. The third-order valence-corrected chi connectivity index (χ3v) is 6.68. The summed E-state index contributed by atoms with van der Waals surface area (Å²) in [7, 11) is 0. The van der Waals surface area contributed by atoms with Gasteiger partial charge in [0.15, 0.2) is 0 Å². The summed E-state index contributed by atoms with van der Waals surface area (Å²) in [6, 6.07) is 26.9. The van der Waals surface area contributed by atoms with E-state index in [0.29, 0.717) is 22.7 Å². The maximum Gasteiger partial charge on any atom is 0.258 e. The number of hydrogen-bond donors (Lipinski definition) is 1. The van der Waals surface area contributed by atoms with Crippen molar-refractivity contribution >= 4 is 29.1 Å². The number of carbonyl (C=O) groups is 2. The van der Waals surface area contributed by atoms with E-state index in [1.165, 1.54) is 5.56 Å². The fourth-order valence-electron chi connectivity index (χ4n) is 4.65. The largest absolute Gasteiger partial charge is 0.366 e. The average molecular weight is 467 g/mol. The Morgan fingerprint density at radius 1 is 0.853 bits per heavy atom. The molecule has 0 aromatic heterocycles.